The van der Waals surface area contributed by atoms with Crippen LogP contribution in [0, 0.1) is 17.3 Å². The fourth-order valence-electron chi connectivity index (χ4n) is 3.44. The summed E-state index contributed by atoms with van der Waals surface area (Å²) >= 11 is 0. The Kier molecular flexibility index (Phi) is 4.44. The number of carbonyl (C=O) groups is 1. The molecule has 0 aromatic rings. The van der Waals surface area contributed by atoms with Gasteiger partial charge in [0.05, 0.1) is 18.8 Å². The highest BCUT2D eigenvalue weighted by Crippen LogP contribution is 2.51. The minimum absolute atomic E-state index is 0.149. The molecule has 2 fully saturated rings. The molecule has 6 heteroatoms. The van der Waals surface area contributed by atoms with Crippen LogP contribution in [0.4, 0.5) is 0 Å². The number of hydrogen-bond acceptors (Lipinski definition) is 4. The van der Waals surface area contributed by atoms with Gasteiger partial charge < -0.3 is 4.74 Å². The third-order valence-corrected chi connectivity index (χ3v) is 7.17. The summed E-state index contributed by atoms with van der Waals surface area (Å²) in [7, 11) is -2.09. The lowest BCUT2D eigenvalue weighted by molar-refractivity contribution is -0.144. The Balaban J connectivity index is 2.04. The van der Waals surface area contributed by atoms with Crippen molar-refractivity contribution in [2.75, 3.05) is 26.0 Å². The first-order valence-electron chi connectivity index (χ1n) is 7.36. The van der Waals surface area contributed by atoms with Crippen LogP contribution in [0.3, 0.4) is 0 Å². The SMILES string of the molecule is COC(=O)[C@H](C)CS(=O)(=O)N1CC[C@H](C)C2(CCC2)C1. The van der Waals surface area contributed by atoms with Gasteiger partial charge in [0, 0.05) is 13.1 Å². The van der Waals surface area contributed by atoms with E-state index in [1.807, 2.05) is 0 Å². The Hall–Kier alpha value is -0.620. The first kappa shape index (κ1) is 15.8. The molecule has 1 aliphatic heterocycles. The van der Waals surface area contributed by atoms with E-state index in [0.717, 1.165) is 19.3 Å². The molecule has 2 atom stereocenters. The second kappa shape index (κ2) is 5.64. The van der Waals surface area contributed by atoms with Crippen LogP contribution in [-0.4, -0.2) is 44.6 Å². The van der Waals surface area contributed by atoms with E-state index < -0.39 is 21.9 Å². The van der Waals surface area contributed by atoms with Gasteiger partial charge in [-0.3, -0.25) is 4.79 Å². The molecular weight excluding hydrogens is 278 g/mol. The standard InChI is InChI=1S/C14H25NO4S/c1-11(13(16)19-3)9-20(17,18)15-8-5-12(2)14(10-15)6-4-7-14/h11-12H,4-10H2,1-3H3/t11-,12+/m1/s1. The number of esters is 1. The maximum Gasteiger partial charge on any atom is 0.309 e. The van der Waals surface area contributed by atoms with Crippen molar-refractivity contribution in [1.29, 1.82) is 0 Å². The second-order valence-electron chi connectivity index (χ2n) is 6.44. The van der Waals surface area contributed by atoms with Gasteiger partial charge in [0.1, 0.15) is 0 Å². The number of sulfonamides is 1. The number of carbonyl (C=O) groups excluding carboxylic acids is 1. The van der Waals surface area contributed by atoms with Crippen LogP contribution < -0.4 is 0 Å². The molecule has 2 rings (SSSR count). The van der Waals surface area contributed by atoms with Crippen LogP contribution in [0.15, 0.2) is 0 Å². The van der Waals surface area contributed by atoms with E-state index in [2.05, 4.69) is 11.7 Å². The highest BCUT2D eigenvalue weighted by molar-refractivity contribution is 7.89. The van der Waals surface area contributed by atoms with Gasteiger partial charge in [-0.25, -0.2) is 12.7 Å². The molecule has 1 saturated carbocycles. The molecule has 0 aromatic heterocycles. The van der Waals surface area contributed by atoms with E-state index in [4.69, 9.17) is 0 Å². The molecule has 0 bridgehead atoms. The molecule has 1 spiro atoms. The number of hydrogen-bond donors (Lipinski definition) is 0. The topological polar surface area (TPSA) is 63.7 Å². The largest absolute Gasteiger partial charge is 0.469 e. The molecule has 0 unspecified atom stereocenters. The summed E-state index contributed by atoms with van der Waals surface area (Å²) in [6, 6.07) is 0. The van der Waals surface area contributed by atoms with E-state index in [9.17, 15) is 13.2 Å². The average Bonchev–Trinajstić information content (AvgIpc) is 2.35. The molecule has 1 aliphatic carbocycles. The first-order chi connectivity index (χ1) is 9.31. The van der Waals surface area contributed by atoms with Crippen molar-refractivity contribution in [2.45, 2.75) is 39.5 Å². The van der Waals surface area contributed by atoms with Gasteiger partial charge in [-0.2, -0.15) is 0 Å². The number of piperidine rings is 1. The van der Waals surface area contributed by atoms with Crippen molar-refractivity contribution < 1.29 is 17.9 Å². The van der Waals surface area contributed by atoms with E-state index in [0.29, 0.717) is 19.0 Å². The van der Waals surface area contributed by atoms with Crippen LogP contribution in [0.25, 0.3) is 0 Å². The minimum Gasteiger partial charge on any atom is -0.469 e. The zero-order valence-electron chi connectivity index (χ0n) is 12.6. The summed E-state index contributed by atoms with van der Waals surface area (Å²) in [4.78, 5) is 11.4. The van der Waals surface area contributed by atoms with Crippen LogP contribution in [0.1, 0.15) is 39.5 Å². The van der Waals surface area contributed by atoms with Crippen molar-refractivity contribution in [3.63, 3.8) is 0 Å². The summed E-state index contributed by atoms with van der Waals surface area (Å²) in [6.45, 7) is 5.05. The predicted molar refractivity (Wildman–Crippen MR) is 76.6 cm³/mol. The monoisotopic (exact) mass is 303 g/mol. The molecule has 20 heavy (non-hydrogen) atoms. The number of nitrogens with zero attached hydrogens (tertiary/aromatic N) is 1. The van der Waals surface area contributed by atoms with Crippen molar-refractivity contribution in [2.24, 2.45) is 17.3 Å². The van der Waals surface area contributed by atoms with Gasteiger partial charge in [0.2, 0.25) is 10.0 Å². The molecule has 1 heterocycles. The smallest absolute Gasteiger partial charge is 0.309 e. The van der Waals surface area contributed by atoms with Gasteiger partial charge in [-0.05, 0) is 30.6 Å². The quantitative estimate of drug-likeness (QED) is 0.741. The van der Waals surface area contributed by atoms with Crippen LogP contribution in [-0.2, 0) is 19.6 Å². The Labute approximate surface area is 121 Å². The lowest BCUT2D eigenvalue weighted by Crippen LogP contribution is -2.54. The molecule has 1 saturated heterocycles. The molecule has 116 valence electrons. The van der Waals surface area contributed by atoms with Gasteiger partial charge >= 0.3 is 5.97 Å². The van der Waals surface area contributed by atoms with Crippen LogP contribution in [0.2, 0.25) is 0 Å². The summed E-state index contributed by atoms with van der Waals surface area (Å²) in [5.41, 5.74) is 0.194. The van der Waals surface area contributed by atoms with Crippen molar-refractivity contribution in [1.82, 2.24) is 4.31 Å². The third kappa shape index (κ3) is 2.86. The average molecular weight is 303 g/mol. The summed E-state index contributed by atoms with van der Waals surface area (Å²) in [6.07, 6.45) is 4.39. The van der Waals surface area contributed by atoms with E-state index in [-0.39, 0.29) is 11.2 Å². The lowest BCUT2D eigenvalue weighted by Gasteiger charge is -2.52. The Morgan fingerprint density at radius 2 is 2.10 bits per heavy atom. The van der Waals surface area contributed by atoms with Gasteiger partial charge in [0.15, 0.2) is 0 Å². The van der Waals surface area contributed by atoms with E-state index >= 15 is 0 Å². The number of rotatable bonds is 4. The second-order valence-corrected chi connectivity index (χ2v) is 8.46. The fraction of sp³-hybridized carbons (Fsp3) is 0.929. The molecule has 0 radical (unpaired) electrons. The zero-order chi connectivity index (χ0) is 15.0. The molecular formula is C14H25NO4S. The highest BCUT2D eigenvalue weighted by atomic mass is 32.2. The third-order valence-electron chi connectivity index (χ3n) is 5.16. The lowest BCUT2D eigenvalue weighted by atomic mass is 9.59. The molecule has 5 nitrogen and oxygen atoms in total. The zero-order valence-corrected chi connectivity index (χ0v) is 13.4. The maximum atomic E-state index is 12.5. The van der Waals surface area contributed by atoms with Crippen LogP contribution >= 0.6 is 0 Å². The Bertz CT molecular complexity index is 470. The van der Waals surface area contributed by atoms with Gasteiger partial charge in [-0.15, -0.1) is 0 Å². The van der Waals surface area contributed by atoms with E-state index in [1.54, 1.807) is 11.2 Å². The number of methoxy groups -OCH3 is 1. The highest BCUT2D eigenvalue weighted by Gasteiger charge is 2.47. The first-order valence-corrected chi connectivity index (χ1v) is 8.97. The minimum atomic E-state index is -3.38. The maximum absolute atomic E-state index is 12.5. The summed E-state index contributed by atoms with van der Waals surface area (Å²) < 4.78 is 31.2. The summed E-state index contributed by atoms with van der Waals surface area (Å²) in [5, 5.41) is 0. The van der Waals surface area contributed by atoms with Gasteiger partial charge in [-0.1, -0.05) is 20.3 Å². The van der Waals surface area contributed by atoms with Crippen molar-refractivity contribution >= 4 is 16.0 Å². The molecule has 0 aromatic carbocycles. The predicted octanol–water partition coefficient (Wildman–Crippen LogP) is 1.64. The van der Waals surface area contributed by atoms with Crippen molar-refractivity contribution in [3.8, 4) is 0 Å². The number of ether oxygens (including phenoxy) is 1. The molecule has 0 N–H and O–H groups in total. The molecule has 0 amide bonds. The fourth-order valence-corrected chi connectivity index (χ4v) is 5.26. The Morgan fingerprint density at radius 3 is 2.60 bits per heavy atom. The van der Waals surface area contributed by atoms with Crippen molar-refractivity contribution in [3.05, 3.63) is 0 Å². The summed E-state index contributed by atoms with van der Waals surface area (Å²) in [5.74, 6) is -0.621. The van der Waals surface area contributed by atoms with E-state index in [1.165, 1.54) is 13.5 Å². The van der Waals surface area contributed by atoms with Crippen LogP contribution in [0.5, 0.6) is 0 Å². The Morgan fingerprint density at radius 1 is 1.45 bits per heavy atom. The molecule has 2 aliphatic rings. The normalized spacial score (nSPS) is 27.9. The van der Waals surface area contributed by atoms with Gasteiger partial charge in [0.25, 0.3) is 0 Å².